The van der Waals surface area contributed by atoms with Crippen molar-refractivity contribution in [2.24, 2.45) is 0 Å². The van der Waals surface area contributed by atoms with Crippen molar-refractivity contribution in [1.29, 1.82) is 0 Å². The average Bonchev–Trinajstić information content (AvgIpc) is 3.55. The molecule has 2 fully saturated rings. The van der Waals surface area contributed by atoms with Gasteiger partial charge in [-0.2, -0.15) is 4.98 Å². The summed E-state index contributed by atoms with van der Waals surface area (Å²) in [5.41, 5.74) is 4.88. The van der Waals surface area contributed by atoms with Crippen molar-refractivity contribution >= 4 is 38.5 Å². The Morgan fingerprint density at radius 2 is 1.62 bits per heavy atom. The topological polar surface area (TPSA) is 343 Å². The molecule has 8 N–H and O–H groups in total. The van der Waals surface area contributed by atoms with E-state index in [1.165, 1.54) is 31.2 Å². The highest BCUT2D eigenvalue weighted by Crippen LogP contribution is 2.57. The third-order valence-electron chi connectivity index (χ3n) is 7.24. The van der Waals surface area contributed by atoms with Crippen LogP contribution in [0.2, 0.25) is 0 Å². The first-order valence-corrected chi connectivity index (χ1v) is 16.7. The number of aliphatic hydroxyl groups is 5. The summed E-state index contributed by atoms with van der Waals surface area (Å²) < 4.78 is 55.1. The number of aliphatic hydroxyl groups excluding tert-OH is 5. The molecule has 24 heteroatoms. The number of aromatic amines is 1. The molecule has 11 atom stereocenters. The molecule has 2 aromatic heterocycles. The summed E-state index contributed by atoms with van der Waals surface area (Å²) in [6.07, 6.45) is -15.5. The van der Waals surface area contributed by atoms with Gasteiger partial charge in [0.15, 0.2) is 29.5 Å². The number of carbonyl (C=O) groups excluding carboxylic acids is 1. The molecule has 4 heterocycles. The molecule has 0 radical (unpaired) electrons. The van der Waals surface area contributed by atoms with Crippen LogP contribution in [0.15, 0.2) is 35.4 Å². The third-order valence-corrected chi connectivity index (χ3v) is 9.77. The molecule has 0 aliphatic carbocycles. The van der Waals surface area contributed by atoms with Crippen molar-refractivity contribution in [3.63, 3.8) is 0 Å². The number of fused-ring (bicyclic) bond motifs is 1. The van der Waals surface area contributed by atoms with Gasteiger partial charge in [-0.25, -0.2) is 9.29 Å². The quantitative estimate of drug-likeness (QED) is 0.0701. The molecule has 3 aromatic rings. The molecule has 2 saturated heterocycles. The van der Waals surface area contributed by atoms with Crippen molar-refractivity contribution < 1.29 is 76.8 Å². The number of phosphoric acid groups is 2. The summed E-state index contributed by atoms with van der Waals surface area (Å²) in [7, 11) is -11.8. The first-order valence-electron chi connectivity index (χ1n) is 13.8. The first kappa shape index (κ1) is 36.1. The predicted octanol–water partition coefficient (Wildman–Crippen LogP) is -3.60. The number of phosphoric ester groups is 2. The van der Waals surface area contributed by atoms with Crippen LogP contribution in [0.5, 0.6) is 5.75 Å². The lowest BCUT2D eigenvalue weighted by atomic mass is 9.99. The zero-order valence-corrected chi connectivity index (χ0v) is 26.2. The van der Waals surface area contributed by atoms with E-state index >= 15 is 0 Å². The van der Waals surface area contributed by atoms with E-state index in [0.717, 1.165) is 10.9 Å². The summed E-state index contributed by atoms with van der Waals surface area (Å²) in [5.74, 6) is -0.308. The number of hydrogen-bond acceptors (Lipinski definition) is 20. The van der Waals surface area contributed by atoms with Crippen LogP contribution in [-0.2, 0) is 32.0 Å². The molecular weight excluding hydrogens is 692 g/mol. The van der Waals surface area contributed by atoms with E-state index in [4.69, 9.17) is 19.9 Å². The van der Waals surface area contributed by atoms with Crippen LogP contribution in [0.1, 0.15) is 23.5 Å². The molecule has 1 aromatic carbocycles. The largest absolute Gasteiger partial charge is 0.756 e. The summed E-state index contributed by atoms with van der Waals surface area (Å²) in [6, 6.07) is 5.74. The number of carbonyl (C=O) groups is 1. The fourth-order valence-electron chi connectivity index (χ4n) is 4.79. The second kappa shape index (κ2) is 14.0. The number of ketones is 1. The van der Waals surface area contributed by atoms with Crippen molar-refractivity contribution in [3.8, 4) is 5.75 Å². The molecule has 0 spiro atoms. The molecule has 2 aliphatic rings. The van der Waals surface area contributed by atoms with Crippen molar-refractivity contribution in [3.05, 3.63) is 46.5 Å². The van der Waals surface area contributed by atoms with Crippen molar-refractivity contribution in [1.82, 2.24) is 19.5 Å². The van der Waals surface area contributed by atoms with Crippen LogP contribution >= 0.6 is 15.6 Å². The lowest BCUT2D eigenvalue weighted by Crippen LogP contribution is -2.59. The van der Waals surface area contributed by atoms with Crippen molar-refractivity contribution in [2.75, 3.05) is 18.9 Å². The minimum atomic E-state index is -5.98. The Balaban J connectivity index is 1.18. The molecule has 22 nitrogen and oxygen atoms in total. The normalized spacial score (nSPS) is 31.7. The molecule has 0 amide bonds. The number of H-pyrrole nitrogens is 1. The number of Topliss-reactive ketones (excluding diaryl/α,β-unsaturated/α-hetero) is 1. The molecule has 4 unspecified atom stereocenters. The number of hydrogen-bond donors (Lipinski definition) is 7. The van der Waals surface area contributed by atoms with Gasteiger partial charge in [-0.3, -0.25) is 32.8 Å². The highest BCUT2D eigenvalue weighted by Gasteiger charge is 2.47. The van der Waals surface area contributed by atoms with Crippen LogP contribution in [0.4, 0.5) is 5.95 Å². The number of anilines is 1. The van der Waals surface area contributed by atoms with Gasteiger partial charge in [0, 0.05) is 5.56 Å². The maximum atomic E-state index is 12.5. The number of rotatable bonds is 12. The van der Waals surface area contributed by atoms with E-state index in [0.29, 0.717) is 5.56 Å². The Labute approximate surface area is 268 Å². The van der Waals surface area contributed by atoms with Crippen LogP contribution in [-0.4, -0.2) is 113 Å². The highest BCUT2D eigenvalue weighted by atomic mass is 31.3. The molecular formula is C24H29N5O17P2-2. The Morgan fingerprint density at radius 1 is 0.979 bits per heavy atom. The monoisotopic (exact) mass is 721 g/mol. The Hall–Kier alpha value is -3.18. The smallest absolute Gasteiger partial charge is 0.280 e. The number of ether oxygens (including phenoxy) is 3. The zero-order chi connectivity index (χ0) is 35.1. The van der Waals surface area contributed by atoms with Gasteiger partial charge in [0.1, 0.15) is 55.1 Å². The number of nitrogens with zero attached hydrogens (tertiary/aromatic N) is 3. The fraction of sp³-hybridized carbons (Fsp3) is 0.500. The second-order valence-electron chi connectivity index (χ2n) is 10.6. The Bertz CT molecular complexity index is 1790. The summed E-state index contributed by atoms with van der Waals surface area (Å²) in [6.45, 7) is -0.271. The summed E-state index contributed by atoms with van der Waals surface area (Å²) in [4.78, 5) is 58.3. The molecule has 48 heavy (non-hydrogen) atoms. The third kappa shape index (κ3) is 7.83. The number of benzene rings is 1. The van der Waals surface area contributed by atoms with E-state index in [-0.39, 0.29) is 28.6 Å². The number of aromatic nitrogens is 4. The first-order chi connectivity index (χ1) is 22.5. The van der Waals surface area contributed by atoms with Crippen molar-refractivity contribution in [2.45, 2.75) is 62.2 Å². The predicted molar refractivity (Wildman–Crippen MR) is 150 cm³/mol. The van der Waals surface area contributed by atoms with Gasteiger partial charge in [-0.15, -0.1) is 0 Å². The number of nitrogens with two attached hydrogens (primary N) is 1. The van der Waals surface area contributed by atoms with Gasteiger partial charge in [0.25, 0.3) is 21.2 Å². The lowest BCUT2D eigenvalue weighted by Gasteiger charge is -2.42. The minimum Gasteiger partial charge on any atom is -0.756 e. The van der Waals surface area contributed by atoms with Gasteiger partial charge < -0.3 is 59.8 Å². The maximum absolute atomic E-state index is 12.5. The molecule has 0 bridgehead atoms. The van der Waals surface area contributed by atoms with E-state index in [9.17, 15) is 54.0 Å². The summed E-state index contributed by atoms with van der Waals surface area (Å²) in [5, 5.41) is 51.7. The SMILES string of the molecule is CC(=O)c1ccc(OC[C@@H]2OC(OP(=O)([O-])OP(=O)([O-])OC[C@H]3O[C@@H](n4cnc5c(=O)[nH]c(N)nc54)C(O)[C@H]3O)[C@@H](O)[C@H](O)[C@@H]2O)cc1. The Morgan fingerprint density at radius 3 is 2.29 bits per heavy atom. The fourth-order valence-corrected chi connectivity index (χ4v) is 6.87. The van der Waals surface area contributed by atoms with Gasteiger partial charge >= 0.3 is 0 Å². The van der Waals surface area contributed by atoms with Gasteiger partial charge in [-0.1, -0.05) is 0 Å². The van der Waals surface area contributed by atoms with Crippen LogP contribution < -0.4 is 25.8 Å². The molecule has 5 rings (SSSR count). The molecule has 2 aliphatic heterocycles. The standard InChI is InChI=1S/C24H31N5O17P2/c1-9(30)10-2-4-11(5-3-10)41-6-12-15(31)17(33)19(35)23(44-12)45-48(39,40)46-47(37,38)42-7-13-16(32)18(34)22(43-13)29-8-26-14-20(29)27-24(25)28-21(14)36/h2-5,8,12-13,15-19,22-23,31-35H,6-7H2,1H3,(H,37,38)(H,39,40)(H3,25,27,28,36)/p-2/t12-,13+,15+,16-,17+,18?,19-,22+,23?/m0/s1. The van der Waals surface area contributed by atoms with E-state index in [1.807, 2.05) is 0 Å². The van der Waals surface area contributed by atoms with E-state index < -0.39 is 89.7 Å². The second-order valence-corrected chi connectivity index (χ2v) is 13.5. The molecule has 264 valence electrons. The molecule has 0 saturated carbocycles. The van der Waals surface area contributed by atoms with Gasteiger partial charge in [-0.05, 0) is 31.2 Å². The summed E-state index contributed by atoms with van der Waals surface area (Å²) >= 11 is 0. The number of imidazole rings is 1. The highest BCUT2D eigenvalue weighted by molar-refractivity contribution is 7.59. The maximum Gasteiger partial charge on any atom is 0.280 e. The number of nitrogens with one attached hydrogen (secondary N) is 1. The Kier molecular flexibility index (Phi) is 10.5. The average molecular weight is 721 g/mol. The minimum absolute atomic E-state index is 0.141. The van der Waals surface area contributed by atoms with Crippen LogP contribution in [0, 0.1) is 0 Å². The van der Waals surface area contributed by atoms with Gasteiger partial charge in [0.2, 0.25) is 5.95 Å². The zero-order valence-electron chi connectivity index (χ0n) is 24.4. The van der Waals surface area contributed by atoms with Crippen LogP contribution in [0.25, 0.3) is 11.2 Å². The van der Waals surface area contributed by atoms with Crippen LogP contribution in [0.3, 0.4) is 0 Å². The van der Waals surface area contributed by atoms with E-state index in [2.05, 4.69) is 28.3 Å². The van der Waals surface area contributed by atoms with Gasteiger partial charge in [0.05, 0.1) is 12.9 Å². The lowest BCUT2D eigenvalue weighted by molar-refractivity contribution is -0.304. The van der Waals surface area contributed by atoms with E-state index in [1.54, 1.807) is 0 Å². The number of nitrogen functional groups attached to an aromatic ring is 1.